The summed E-state index contributed by atoms with van der Waals surface area (Å²) in [6.45, 7) is 0. The van der Waals surface area contributed by atoms with Crippen molar-refractivity contribution in [3.05, 3.63) is 0 Å². The molecule has 0 bridgehead atoms. The van der Waals surface area contributed by atoms with Crippen LogP contribution >= 0.6 is 0 Å². The van der Waals surface area contributed by atoms with E-state index in [4.69, 9.17) is 0 Å². The van der Waals surface area contributed by atoms with Crippen molar-refractivity contribution in [2.45, 2.75) is 0 Å². The molecule has 0 spiro atoms. The Bertz CT molecular complexity index is 6.85. The van der Waals surface area contributed by atoms with Gasteiger partial charge < -0.3 is 40.5 Å². The van der Waals surface area contributed by atoms with Crippen LogP contribution in [-0.4, -0.2) is 19.8 Å². The Kier molecular flexibility index (Phi) is 243. The van der Waals surface area contributed by atoms with Gasteiger partial charge in [-0.15, -0.1) is 0 Å². The second-order valence-electron chi connectivity index (χ2n) is 0. The van der Waals surface area contributed by atoms with Gasteiger partial charge in [-0.05, 0) is 0 Å². The summed E-state index contributed by atoms with van der Waals surface area (Å²) in [6, 6.07) is 0. The zero-order valence-corrected chi connectivity index (χ0v) is 9.30. The molecule has 0 fully saturated rings. The molecule has 0 atom stereocenters. The molecule has 0 unspecified atom stereocenters. The minimum absolute atomic E-state index is 0. The Morgan fingerprint density at radius 1 is 0.600 bits per heavy atom. The Balaban J connectivity index is 0. The van der Waals surface area contributed by atoms with E-state index < -0.39 is 0 Å². The van der Waals surface area contributed by atoms with Crippen LogP contribution in [0.1, 0.15) is 0 Å². The van der Waals surface area contributed by atoms with Gasteiger partial charge in [-0.3, -0.25) is 0 Å². The molecule has 0 aliphatic rings. The summed E-state index contributed by atoms with van der Waals surface area (Å²) in [4.78, 5) is 0. The fourth-order valence-electron chi connectivity index (χ4n) is 0. The molecule has 0 aliphatic carbocycles. The molecule has 5 heavy (non-hydrogen) atoms. The van der Waals surface area contributed by atoms with Gasteiger partial charge in [-0.2, -0.15) is 0 Å². The van der Waals surface area contributed by atoms with E-state index >= 15 is 0 Å². The Morgan fingerprint density at radius 3 is 0.600 bits per heavy atom. The molecule has 0 amide bonds. The average Bonchev–Trinajstić information content (AvgIpc) is 0. The second kappa shape index (κ2) is 27.9. The molecule has 0 aromatic rings. The smallest absolute Gasteiger partial charge is 2.00 e. The van der Waals surface area contributed by atoms with E-state index in [1.54, 1.807) is 0 Å². The van der Waals surface area contributed by atoms with Crippen molar-refractivity contribution in [3.8, 4) is 0 Å². The standard InChI is InChI=1S/Ga.Gd.3S/q2*+3;3*-2. The Labute approximate surface area is 98.3 Å². The van der Waals surface area contributed by atoms with E-state index in [1.807, 2.05) is 0 Å². The predicted molar refractivity (Wildman–Crippen MR) is 27.8 cm³/mol. The average molecular weight is 323 g/mol. The molecule has 0 aromatic carbocycles. The summed E-state index contributed by atoms with van der Waals surface area (Å²) in [6.07, 6.45) is 0. The third-order valence-corrected chi connectivity index (χ3v) is 0. The van der Waals surface area contributed by atoms with Crippen molar-refractivity contribution in [3.63, 3.8) is 0 Å². The van der Waals surface area contributed by atoms with Crippen LogP contribution in [0.5, 0.6) is 0 Å². The van der Waals surface area contributed by atoms with Crippen molar-refractivity contribution in [1.82, 2.24) is 0 Å². The zero-order valence-electron chi connectivity index (χ0n) is 2.16. The van der Waals surface area contributed by atoms with E-state index in [0.717, 1.165) is 0 Å². The number of hydrogen-bond acceptors (Lipinski definition) is 0. The van der Waals surface area contributed by atoms with Crippen LogP contribution in [0.2, 0.25) is 0 Å². The molecule has 0 saturated heterocycles. The predicted octanol–water partition coefficient (Wildman–Crippen LogP) is -0.388. The van der Waals surface area contributed by atoms with Gasteiger partial charge in [0.1, 0.15) is 0 Å². The van der Waals surface area contributed by atoms with Crippen LogP contribution < -0.4 is 0 Å². The number of rotatable bonds is 0. The SMILES string of the molecule is [Ga+3].[Gd+3].[S-2].[S-2].[S-2]. The largest absolute Gasteiger partial charge is 3.00 e. The molecule has 0 rings (SSSR count). The minimum atomic E-state index is 0. The van der Waals surface area contributed by atoms with Crippen LogP contribution in [0.3, 0.4) is 0 Å². The summed E-state index contributed by atoms with van der Waals surface area (Å²) in [7, 11) is 0. The van der Waals surface area contributed by atoms with Crippen LogP contribution in [0.15, 0.2) is 0 Å². The van der Waals surface area contributed by atoms with E-state index in [1.165, 1.54) is 0 Å². The third-order valence-electron chi connectivity index (χ3n) is 0. The molecular formula is GaGdS3. The van der Waals surface area contributed by atoms with Crippen molar-refractivity contribution in [2.24, 2.45) is 0 Å². The van der Waals surface area contributed by atoms with Crippen LogP contribution in [0.25, 0.3) is 0 Å². The maximum absolute atomic E-state index is 0. The van der Waals surface area contributed by atoms with Gasteiger partial charge in [0.25, 0.3) is 0 Å². The molecule has 1 radical (unpaired) electrons. The Morgan fingerprint density at radius 2 is 0.600 bits per heavy atom. The van der Waals surface area contributed by atoms with Gasteiger partial charge in [0.05, 0.1) is 0 Å². The maximum atomic E-state index is 0. The summed E-state index contributed by atoms with van der Waals surface area (Å²) in [5.41, 5.74) is 0. The van der Waals surface area contributed by atoms with E-state index in [2.05, 4.69) is 0 Å². The molecule has 0 saturated carbocycles. The summed E-state index contributed by atoms with van der Waals surface area (Å²) >= 11 is 0. The molecule has 0 aliphatic heterocycles. The molecule has 29 valence electrons. The van der Waals surface area contributed by atoms with Gasteiger partial charge in [-0.1, -0.05) is 0 Å². The van der Waals surface area contributed by atoms with Crippen LogP contribution in [0, 0.1) is 39.9 Å². The van der Waals surface area contributed by atoms with Gasteiger partial charge in [0.2, 0.25) is 0 Å². The van der Waals surface area contributed by atoms with Crippen LogP contribution in [-0.2, 0) is 40.5 Å². The van der Waals surface area contributed by atoms with Crippen molar-refractivity contribution < 1.29 is 39.9 Å². The molecule has 0 heterocycles. The summed E-state index contributed by atoms with van der Waals surface area (Å²) in [5, 5.41) is 0. The summed E-state index contributed by atoms with van der Waals surface area (Å²) < 4.78 is 0. The van der Waals surface area contributed by atoms with Crippen molar-refractivity contribution in [2.75, 3.05) is 0 Å². The summed E-state index contributed by atoms with van der Waals surface area (Å²) in [5.74, 6) is 0. The minimum Gasteiger partial charge on any atom is -2.00 e. The monoisotopic (exact) mass is 323 g/mol. The van der Waals surface area contributed by atoms with E-state index in [-0.39, 0.29) is 100 Å². The number of hydrogen-bond donors (Lipinski definition) is 0. The van der Waals surface area contributed by atoms with Gasteiger partial charge >= 0.3 is 59.7 Å². The maximum Gasteiger partial charge on any atom is 3.00 e. The topological polar surface area (TPSA) is 0 Å². The van der Waals surface area contributed by atoms with Gasteiger partial charge in [0, 0.05) is 0 Å². The van der Waals surface area contributed by atoms with E-state index in [0.29, 0.717) is 0 Å². The molecule has 0 nitrogen and oxygen atoms in total. The third kappa shape index (κ3) is 19.4. The zero-order chi connectivity index (χ0) is 0. The van der Waals surface area contributed by atoms with Crippen molar-refractivity contribution in [1.29, 1.82) is 0 Å². The second-order valence-corrected chi connectivity index (χ2v) is 0. The quantitative estimate of drug-likeness (QED) is 0.533. The van der Waals surface area contributed by atoms with Crippen molar-refractivity contribution >= 4 is 60.3 Å². The van der Waals surface area contributed by atoms with Crippen LogP contribution in [0.4, 0.5) is 0 Å². The first-order valence-corrected chi connectivity index (χ1v) is 0. The normalized spacial score (nSPS) is 0. The first-order valence-electron chi connectivity index (χ1n) is 0. The van der Waals surface area contributed by atoms with E-state index in [9.17, 15) is 0 Å². The molecular weight excluding hydrogens is 323 g/mol. The molecule has 0 aromatic heterocycles. The Hall–Kier alpha value is 3.01. The fourth-order valence-corrected chi connectivity index (χ4v) is 0. The van der Waals surface area contributed by atoms with Gasteiger partial charge in [0.15, 0.2) is 0 Å². The molecule has 0 N–H and O–H groups in total. The fraction of sp³-hybridized carbons (Fsp3) is 0. The first kappa shape index (κ1) is 43.4. The molecule has 5 heteroatoms. The first-order chi connectivity index (χ1) is 0. The van der Waals surface area contributed by atoms with Gasteiger partial charge in [-0.25, -0.2) is 0 Å².